The molecule has 0 bridgehead atoms. The number of carbonyl (C=O) groups is 1. The number of methoxy groups -OCH3 is 1. The minimum absolute atomic E-state index is 0.162. The van der Waals surface area contributed by atoms with Gasteiger partial charge in [0.25, 0.3) is 0 Å². The molecule has 104 valence electrons. The average Bonchev–Trinajstić information content (AvgIpc) is 2.36. The third-order valence-electron chi connectivity index (χ3n) is 1.92. The van der Waals surface area contributed by atoms with Gasteiger partial charge in [0.05, 0.1) is 33.0 Å². The van der Waals surface area contributed by atoms with Crippen LogP contribution in [0.1, 0.15) is 6.42 Å². The molecule has 0 aliphatic rings. The van der Waals surface area contributed by atoms with Crippen LogP contribution in [0.25, 0.3) is 0 Å². The van der Waals surface area contributed by atoms with Gasteiger partial charge < -0.3 is 24.7 Å². The number of carbonyl (C=O) groups excluding carboxylic acids is 1. The van der Waals surface area contributed by atoms with Gasteiger partial charge in [-0.2, -0.15) is 0 Å². The van der Waals surface area contributed by atoms with Gasteiger partial charge in [0.2, 0.25) is 0 Å². The fourth-order valence-corrected chi connectivity index (χ4v) is 0.983. The molecule has 0 rings (SSSR count). The van der Waals surface area contributed by atoms with Gasteiger partial charge in [0.15, 0.2) is 0 Å². The van der Waals surface area contributed by atoms with Crippen LogP contribution in [-0.2, 0) is 23.7 Å². The Balaban J connectivity index is 3.25. The van der Waals surface area contributed by atoms with E-state index >= 15 is 0 Å². The molecule has 0 aliphatic heterocycles. The largest absolute Gasteiger partial charge is 0.462 e. The monoisotopic (exact) mass is 259 g/mol. The normalized spacial score (nSPS) is 11.8. The molecule has 0 radical (unpaired) electrons. The molecule has 6 heteroatoms. The third-order valence-corrected chi connectivity index (χ3v) is 1.92. The topological polar surface area (TPSA) is 80.0 Å². The van der Waals surface area contributed by atoms with Crippen LogP contribution in [0.15, 0.2) is 0 Å². The predicted octanol–water partition coefficient (Wildman–Crippen LogP) is -0.440. The Hall–Kier alpha value is -1.13. The summed E-state index contributed by atoms with van der Waals surface area (Å²) >= 11 is 0. The number of hydrogen-bond donors (Lipinski definition) is 1. The number of nitrogens with two attached hydrogens (primary N) is 1. The second-order valence-electron chi connectivity index (χ2n) is 3.40. The number of esters is 1. The first-order valence-electron chi connectivity index (χ1n) is 5.72. The zero-order chi connectivity index (χ0) is 13.6. The van der Waals surface area contributed by atoms with Crippen molar-refractivity contribution in [2.45, 2.75) is 12.5 Å². The zero-order valence-electron chi connectivity index (χ0n) is 10.7. The first-order valence-corrected chi connectivity index (χ1v) is 5.72. The van der Waals surface area contributed by atoms with Crippen LogP contribution < -0.4 is 5.73 Å². The average molecular weight is 259 g/mol. The van der Waals surface area contributed by atoms with E-state index in [1.807, 2.05) is 0 Å². The van der Waals surface area contributed by atoms with E-state index in [1.165, 1.54) is 0 Å². The van der Waals surface area contributed by atoms with Crippen molar-refractivity contribution in [3.05, 3.63) is 0 Å². The zero-order valence-corrected chi connectivity index (χ0v) is 10.7. The highest BCUT2D eigenvalue weighted by Gasteiger charge is 2.12. The molecule has 0 aromatic heterocycles. The highest BCUT2D eigenvalue weighted by Crippen LogP contribution is 1.91. The van der Waals surface area contributed by atoms with E-state index in [2.05, 4.69) is 5.92 Å². The molecule has 0 amide bonds. The number of ether oxygens (including phenoxy) is 4. The maximum Gasteiger partial charge on any atom is 0.323 e. The van der Waals surface area contributed by atoms with Gasteiger partial charge in [0.1, 0.15) is 12.6 Å². The summed E-state index contributed by atoms with van der Waals surface area (Å²) in [5.74, 6) is 1.79. The van der Waals surface area contributed by atoms with Gasteiger partial charge in [-0.1, -0.05) is 0 Å². The lowest BCUT2D eigenvalue weighted by atomic mass is 10.2. The molecule has 2 N–H and O–H groups in total. The van der Waals surface area contributed by atoms with Crippen molar-refractivity contribution in [2.75, 3.05) is 46.8 Å². The molecule has 0 saturated heterocycles. The number of rotatable bonds is 11. The molecule has 0 fully saturated rings. The highest BCUT2D eigenvalue weighted by molar-refractivity contribution is 5.75. The van der Waals surface area contributed by atoms with Crippen LogP contribution in [0.2, 0.25) is 0 Å². The summed E-state index contributed by atoms with van der Waals surface area (Å²) in [6, 6.07) is -0.757. The Morgan fingerprint density at radius 3 is 2.28 bits per heavy atom. The van der Waals surface area contributed by atoms with E-state index in [0.717, 1.165) is 0 Å². The molecular weight excluding hydrogens is 238 g/mol. The van der Waals surface area contributed by atoms with E-state index in [0.29, 0.717) is 33.0 Å². The summed E-state index contributed by atoms with van der Waals surface area (Å²) in [4.78, 5) is 11.2. The molecule has 0 spiro atoms. The molecule has 1 unspecified atom stereocenters. The van der Waals surface area contributed by atoms with Crippen LogP contribution in [0, 0.1) is 12.3 Å². The fourth-order valence-electron chi connectivity index (χ4n) is 0.983. The Kier molecular flexibility index (Phi) is 11.6. The Labute approximate surface area is 108 Å². The van der Waals surface area contributed by atoms with Crippen LogP contribution in [-0.4, -0.2) is 58.8 Å². The van der Waals surface area contributed by atoms with E-state index in [4.69, 9.17) is 31.1 Å². The molecular formula is C12H21NO5. The molecule has 0 heterocycles. The highest BCUT2D eigenvalue weighted by atomic mass is 16.6. The minimum atomic E-state index is -0.757. The molecule has 0 saturated carbocycles. The Morgan fingerprint density at radius 2 is 1.72 bits per heavy atom. The summed E-state index contributed by atoms with van der Waals surface area (Å²) in [6.07, 6.45) is 5.20. The first-order chi connectivity index (χ1) is 8.72. The molecule has 0 aromatic rings. The van der Waals surface area contributed by atoms with E-state index in [1.54, 1.807) is 7.11 Å². The SMILES string of the molecule is C#CCC(N)C(=O)OCCOCCOCCOC. The van der Waals surface area contributed by atoms with Crippen molar-refractivity contribution >= 4 is 5.97 Å². The molecule has 0 aliphatic carbocycles. The van der Waals surface area contributed by atoms with Gasteiger partial charge >= 0.3 is 5.97 Å². The Bertz CT molecular complexity index is 251. The maximum atomic E-state index is 11.2. The number of terminal acetylenes is 1. The lowest BCUT2D eigenvalue weighted by molar-refractivity contribution is -0.146. The molecule has 0 aromatic carbocycles. The quantitative estimate of drug-likeness (QED) is 0.308. The van der Waals surface area contributed by atoms with Gasteiger partial charge in [0, 0.05) is 13.5 Å². The van der Waals surface area contributed by atoms with Crippen molar-refractivity contribution < 1.29 is 23.7 Å². The smallest absolute Gasteiger partial charge is 0.323 e. The molecule has 18 heavy (non-hydrogen) atoms. The lowest BCUT2D eigenvalue weighted by Crippen LogP contribution is -2.32. The summed E-state index contributed by atoms with van der Waals surface area (Å²) in [5, 5.41) is 0. The summed E-state index contributed by atoms with van der Waals surface area (Å²) in [5.41, 5.74) is 5.45. The second-order valence-corrected chi connectivity index (χ2v) is 3.40. The van der Waals surface area contributed by atoms with Gasteiger partial charge in [-0.25, -0.2) is 0 Å². The summed E-state index contributed by atoms with van der Waals surface area (Å²) in [7, 11) is 1.61. The summed E-state index contributed by atoms with van der Waals surface area (Å²) < 4.78 is 20.0. The third kappa shape index (κ3) is 10.1. The van der Waals surface area contributed by atoms with Gasteiger partial charge in [-0.15, -0.1) is 12.3 Å². The van der Waals surface area contributed by atoms with E-state index in [-0.39, 0.29) is 13.0 Å². The van der Waals surface area contributed by atoms with Crippen molar-refractivity contribution in [1.29, 1.82) is 0 Å². The van der Waals surface area contributed by atoms with Crippen molar-refractivity contribution in [3.63, 3.8) is 0 Å². The molecule has 1 atom stereocenters. The van der Waals surface area contributed by atoms with Gasteiger partial charge in [-0.3, -0.25) is 4.79 Å². The lowest BCUT2D eigenvalue weighted by Gasteiger charge is -2.09. The fraction of sp³-hybridized carbons (Fsp3) is 0.750. The standard InChI is InChI=1S/C12H21NO5/c1-3-4-11(13)12(14)18-10-9-17-8-7-16-6-5-15-2/h1,11H,4-10,13H2,2H3. The minimum Gasteiger partial charge on any atom is -0.462 e. The molecule has 6 nitrogen and oxygen atoms in total. The van der Waals surface area contributed by atoms with Crippen molar-refractivity contribution in [2.24, 2.45) is 5.73 Å². The number of hydrogen-bond acceptors (Lipinski definition) is 6. The first kappa shape index (κ1) is 16.9. The van der Waals surface area contributed by atoms with Crippen molar-refractivity contribution in [3.8, 4) is 12.3 Å². The summed E-state index contributed by atoms with van der Waals surface area (Å²) in [6.45, 7) is 2.49. The van der Waals surface area contributed by atoms with E-state index < -0.39 is 12.0 Å². The van der Waals surface area contributed by atoms with Crippen LogP contribution in [0.5, 0.6) is 0 Å². The van der Waals surface area contributed by atoms with Crippen LogP contribution in [0.3, 0.4) is 0 Å². The maximum absolute atomic E-state index is 11.2. The van der Waals surface area contributed by atoms with Crippen LogP contribution in [0.4, 0.5) is 0 Å². The van der Waals surface area contributed by atoms with Crippen LogP contribution >= 0.6 is 0 Å². The second kappa shape index (κ2) is 12.3. The Morgan fingerprint density at radius 1 is 1.17 bits per heavy atom. The van der Waals surface area contributed by atoms with Gasteiger partial charge in [-0.05, 0) is 0 Å². The predicted molar refractivity (Wildman–Crippen MR) is 65.9 cm³/mol. The van der Waals surface area contributed by atoms with Crippen molar-refractivity contribution in [1.82, 2.24) is 0 Å². The van der Waals surface area contributed by atoms with E-state index in [9.17, 15) is 4.79 Å².